The van der Waals surface area contributed by atoms with Crippen molar-refractivity contribution >= 4 is 33.7 Å². The van der Waals surface area contributed by atoms with Gasteiger partial charge in [0.15, 0.2) is 0 Å². The first-order valence-corrected chi connectivity index (χ1v) is 8.82. The smallest absolute Gasteiger partial charge is 0.326 e. The Morgan fingerprint density at radius 2 is 2.14 bits per heavy atom. The van der Waals surface area contributed by atoms with E-state index in [0.29, 0.717) is 5.75 Å². The van der Waals surface area contributed by atoms with Gasteiger partial charge in [0.1, 0.15) is 16.6 Å². The lowest BCUT2D eigenvalue weighted by molar-refractivity contribution is -0.139. The largest absolute Gasteiger partial charge is 0.480 e. The Morgan fingerprint density at radius 3 is 2.57 bits per heavy atom. The average molecular weight is 335 g/mol. The summed E-state index contributed by atoms with van der Waals surface area (Å²) in [5.41, 5.74) is 0.0226. The first kappa shape index (κ1) is 17.5. The first-order valence-electron chi connectivity index (χ1n) is 5.88. The lowest BCUT2D eigenvalue weighted by atomic mass is 10.2. The highest BCUT2D eigenvalue weighted by Gasteiger charge is 2.23. The molecule has 1 heterocycles. The highest BCUT2D eigenvalue weighted by atomic mass is 32.2. The third-order valence-corrected chi connectivity index (χ3v) is 4.28. The number of hydrogen-bond acceptors (Lipinski definition) is 5. The summed E-state index contributed by atoms with van der Waals surface area (Å²) in [5, 5.41) is 16.4. The van der Waals surface area contributed by atoms with E-state index in [0.717, 1.165) is 6.07 Å². The SMILES string of the molecule is CSCCC(NC(=O)c1cc(S(N)(=O)=O)cn1C)C(=O)O. The number of carbonyl (C=O) groups excluding carboxylic acids is 1. The van der Waals surface area contributed by atoms with Crippen molar-refractivity contribution in [2.75, 3.05) is 12.0 Å². The summed E-state index contributed by atoms with van der Waals surface area (Å²) >= 11 is 1.47. The molecule has 1 aromatic heterocycles. The lowest BCUT2D eigenvalue weighted by Crippen LogP contribution is -2.41. The molecule has 8 nitrogen and oxygen atoms in total. The third-order valence-electron chi connectivity index (χ3n) is 2.76. The fraction of sp³-hybridized carbons (Fsp3) is 0.455. The Morgan fingerprint density at radius 1 is 1.52 bits per heavy atom. The number of sulfonamides is 1. The van der Waals surface area contributed by atoms with E-state index in [1.807, 2.05) is 6.26 Å². The molecule has 1 aromatic rings. The average Bonchev–Trinajstić information content (AvgIpc) is 2.76. The van der Waals surface area contributed by atoms with Gasteiger partial charge in [-0.25, -0.2) is 18.4 Å². The zero-order valence-electron chi connectivity index (χ0n) is 11.6. The lowest BCUT2D eigenvalue weighted by Gasteiger charge is -2.14. The molecule has 0 aromatic carbocycles. The minimum absolute atomic E-state index is 0.0226. The van der Waals surface area contributed by atoms with Crippen LogP contribution in [0.1, 0.15) is 16.9 Å². The maximum Gasteiger partial charge on any atom is 0.326 e. The van der Waals surface area contributed by atoms with Crippen molar-refractivity contribution in [2.24, 2.45) is 12.2 Å². The summed E-state index contributed by atoms with van der Waals surface area (Å²) in [6.07, 6.45) is 3.30. The van der Waals surface area contributed by atoms with Crippen molar-refractivity contribution in [3.8, 4) is 0 Å². The van der Waals surface area contributed by atoms with Crippen LogP contribution in [0.15, 0.2) is 17.2 Å². The molecular weight excluding hydrogens is 318 g/mol. The fourth-order valence-corrected chi connectivity index (χ4v) is 2.69. The van der Waals surface area contributed by atoms with Gasteiger partial charge in [-0.3, -0.25) is 4.79 Å². The molecule has 1 unspecified atom stereocenters. The molecule has 4 N–H and O–H groups in total. The van der Waals surface area contributed by atoms with Crippen LogP contribution in [-0.4, -0.2) is 48.0 Å². The minimum atomic E-state index is -3.92. The molecule has 0 aliphatic heterocycles. The van der Waals surface area contributed by atoms with Crippen LogP contribution < -0.4 is 10.5 Å². The molecule has 0 aliphatic carbocycles. The summed E-state index contributed by atoms with van der Waals surface area (Å²) in [6, 6.07) is 0.0794. The van der Waals surface area contributed by atoms with Gasteiger partial charge in [-0.2, -0.15) is 11.8 Å². The quantitative estimate of drug-likeness (QED) is 0.622. The van der Waals surface area contributed by atoms with Crippen LogP contribution in [-0.2, 0) is 21.9 Å². The van der Waals surface area contributed by atoms with E-state index in [9.17, 15) is 18.0 Å². The Balaban J connectivity index is 2.93. The maximum absolute atomic E-state index is 12.0. The van der Waals surface area contributed by atoms with Crippen LogP contribution in [0.4, 0.5) is 0 Å². The van der Waals surface area contributed by atoms with Gasteiger partial charge in [-0.15, -0.1) is 0 Å². The van der Waals surface area contributed by atoms with E-state index in [1.54, 1.807) is 0 Å². The fourth-order valence-electron chi connectivity index (χ4n) is 1.64. The van der Waals surface area contributed by atoms with Crippen LogP contribution in [0.5, 0.6) is 0 Å². The number of nitrogens with zero attached hydrogens (tertiary/aromatic N) is 1. The number of hydrogen-bond donors (Lipinski definition) is 3. The minimum Gasteiger partial charge on any atom is -0.480 e. The summed E-state index contributed by atoms with van der Waals surface area (Å²) in [7, 11) is -2.44. The van der Waals surface area contributed by atoms with Gasteiger partial charge in [0, 0.05) is 13.2 Å². The number of carboxylic acid groups (broad SMARTS) is 1. The third kappa shape index (κ3) is 4.76. The Labute approximate surface area is 126 Å². The van der Waals surface area contributed by atoms with Crippen molar-refractivity contribution in [1.29, 1.82) is 0 Å². The number of rotatable bonds is 7. The van der Waals surface area contributed by atoms with Gasteiger partial charge >= 0.3 is 5.97 Å². The number of carboxylic acids is 1. The molecule has 0 radical (unpaired) electrons. The Bertz CT molecular complexity index is 638. The second-order valence-corrected chi connectivity index (χ2v) is 6.91. The number of thioether (sulfide) groups is 1. The van der Waals surface area contributed by atoms with Crippen LogP contribution in [0.2, 0.25) is 0 Å². The van der Waals surface area contributed by atoms with E-state index in [4.69, 9.17) is 10.2 Å². The molecule has 0 fully saturated rings. The summed E-state index contributed by atoms with van der Waals surface area (Å²) in [4.78, 5) is 22.9. The predicted octanol–water partition coefficient (Wildman–Crippen LogP) is -0.391. The molecule has 10 heteroatoms. The van der Waals surface area contributed by atoms with Crippen molar-refractivity contribution in [1.82, 2.24) is 9.88 Å². The molecule has 0 saturated carbocycles. The van der Waals surface area contributed by atoms with Gasteiger partial charge in [0.2, 0.25) is 10.0 Å². The number of aromatic nitrogens is 1. The molecule has 1 rings (SSSR count). The normalized spacial score (nSPS) is 12.9. The van der Waals surface area contributed by atoms with Crippen LogP contribution in [0, 0.1) is 0 Å². The van der Waals surface area contributed by atoms with E-state index < -0.39 is 27.9 Å². The summed E-state index contributed by atoms with van der Waals surface area (Å²) in [6.45, 7) is 0. The Kier molecular flexibility index (Phi) is 5.81. The number of aliphatic carboxylic acids is 1. The zero-order valence-corrected chi connectivity index (χ0v) is 13.2. The predicted molar refractivity (Wildman–Crippen MR) is 78.7 cm³/mol. The number of nitrogens with one attached hydrogen (secondary N) is 1. The van der Waals surface area contributed by atoms with Crippen molar-refractivity contribution in [3.05, 3.63) is 18.0 Å². The van der Waals surface area contributed by atoms with Crippen molar-refractivity contribution in [2.45, 2.75) is 17.4 Å². The highest BCUT2D eigenvalue weighted by molar-refractivity contribution is 7.98. The monoisotopic (exact) mass is 335 g/mol. The Hall–Kier alpha value is -1.52. The van der Waals surface area contributed by atoms with Crippen LogP contribution in [0.3, 0.4) is 0 Å². The molecule has 0 bridgehead atoms. The number of nitrogens with two attached hydrogens (primary N) is 1. The molecule has 21 heavy (non-hydrogen) atoms. The molecule has 1 atom stereocenters. The second kappa shape index (κ2) is 6.96. The summed E-state index contributed by atoms with van der Waals surface area (Å²) < 4.78 is 23.7. The number of aryl methyl sites for hydroxylation is 1. The van der Waals surface area contributed by atoms with Gasteiger partial charge in [0.05, 0.1) is 0 Å². The van der Waals surface area contributed by atoms with Gasteiger partial charge < -0.3 is 15.0 Å². The van der Waals surface area contributed by atoms with E-state index in [-0.39, 0.29) is 17.0 Å². The molecule has 0 spiro atoms. The zero-order chi connectivity index (χ0) is 16.2. The van der Waals surface area contributed by atoms with Gasteiger partial charge in [0.25, 0.3) is 5.91 Å². The summed E-state index contributed by atoms with van der Waals surface area (Å²) in [5.74, 6) is -1.23. The molecule has 0 saturated heterocycles. The molecule has 0 aliphatic rings. The maximum atomic E-state index is 12.0. The standard InChI is InChI=1S/C11H17N3O5S2/c1-14-6-7(21(12,18)19)5-9(14)10(15)13-8(11(16)17)3-4-20-2/h5-6,8H,3-4H2,1-2H3,(H,13,15)(H,16,17)(H2,12,18,19). The number of amides is 1. The van der Waals surface area contributed by atoms with E-state index in [1.165, 1.54) is 29.6 Å². The van der Waals surface area contributed by atoms with Crippen molar-refractivity contribution < 1.29 is 23.1 Å². The molecule has 118 valence electrons. The topological polar surface area (TPSA) is 131 Å². The number of primary sulfonamides is 1. The van der Waals surface area contributed by atoms with Crippen molar-refractivity contribution in [3.63, 3.8) is 0 Å². The van der Waals surface area contributed by atoms with E-state index in [2.05, 4.69) is 5.32 Å². The van der Waals surface area contributed by atoms with E-state index >= 15 is 0 Å². The van der Waals surface area contributed by atoms with Gasteiger partial charge in [-0.05, 0) is 24.5 Å². The van der Waals surface area contributed by atoms with Crippen LogP contribution in [0.25, 0.3) is 0 Å². The van der Waals surface area contributed by atoms with Gasteiger partial charge in [-0.1, -0.05) is 0 Å². The van der Waals surface area contributed by atoms with Crippen LogP contribution >= 0.6 is 11.8 Å². The first-order chi connectivity index (χ1) is 9.66. The highest BCUT2D eigenvalue weighted by Crippen LogP contribution is 2.12. The second-order valence-electron chi connectivity index (χ2n) is 4.36. The molecule has 1 amide bonds. The number of carbonyl (C=O) groups is 2. The molecular formula is C11H17N3O5S2.